The topological polar surface area (TPSA) is 42.7 Å². The van der Waals surface area contributed by atoms with Crippen molar-refractivity contribution in [3.8, 4) is 0 Å². The molecule has 0 aliphatic carbocycles. The van der Waals surface area contributed by atoms with Crippen molar-refractivity contribution in [2.24, 2.45) is 7.05 Å². The maximum atomic E-state index is 13.7. The number of halogens is 1. The van der Waals surface area contributed by atoms with Gasteiger partial charge in [0.2, 0.25) is 0 Å². The lowest BCUT2D eigenvalue weighted by Gasteiger charge is -2.09. The van der Waals surface area contributed by atoms with Gasteiger partial charge in [-0.15, -0.1) is 0 Å². The molecule has 0 amide bonds. The lowest BCUT2D eigenvalue weighted by Crippen LogP contribution is -2.08. The highest BCUT2D eigenvalue weighted by molar-refractivity contribution is 7.99. The van der Waals surface area contributed by atoms with Crippen LogP contribution in [0.25, 0.3) is 0 Å². The Morgan fingerprint density at radius 1 is 1.47 bits per heavy atom. The molecule has 1 aromatic heterocycles. The van der Waals surface area contributed by atoms with E-state index in [0.717, 1.165) is 10.1 Å². The number of aromatic nitrogens is 3. The van der Waals surface area contributed by atoms with Crippen LogP contribution in [0.5, 0.6) is 0 Å². The zero-order chi connectivity index (χ0) is 12.3. The van der Waals surface area contributed by atoms with Gasteiger partial charge in [-0.3, -0.25) is 0 Å². The van der Waals surface area contributed by atoms with Gasteiger partial charge in [-0.25, -0.2) is 14.1 Å². The van der Waals surface area contributed by atoms with Crippen LogP contribution in [0, 0.1) is 5.82 Å². The summed E-state index contributed by atoms with van der Waals surface area (Å²) in [6, 6.07) is 5.05. The first kappa shape index (κ1) is 12.1. The Hall–Kier alpha value is -1.40. The molecule has 1 N–H and O–H groups in total. The van der Waals surface area contributed by atoms with Crippen LogP contribution in [0.1, 0.15) is 5.56 Å². The van der Waals surface area contributed by atoms with Gasteiger partial charge in [0.1, 0.15) is 12.1 Å². The lowest BCUT2D eigenvalue weighted by atomic mass is 10.2. The van der Waals surface area contributed by atoms with Crippen molar-refractivity contribution >= 4 is 11.8 Å². The van der Waals surface area contributed by atoms with Crippen molar-refractivity contribution < 1.29 is 4.39 Å². The molecule has 6 heteroatoms. The van der Waals surface area contributed by atoms with Crippen LogP contribution in [0.3, 0.4) is 0 Å². The fourth-order valence-electron chi connectivity index (χ4n) is 1.46. The Morgan fingerprint density at radius 3 is 2.94 bits per heavy atom. The van der Waals surface area contributed by atoms with Crippen molar-refractivity contribution in [3.05, 3.63) is 35.9 Å². The predicted molar refractivity (Wildman–Crippen MR) is 64.3 cm³/mol. The van der Waals surface area contributed by atoms with Gasteiger partial charge in [0.25, 0.3) is 0 Å². The summed E-state index contributed by atoms with van der Waals surface area (Å²) in [7, 11) is 3.61. The Balaban J connectivity index is 2.32. The van der Waals surface area contributed by atoms with Gasteiger partial charge >= 0.3 is 0 Å². The Labute approximate surface area is 103 Å². The molecular weight excluding hydrogens is 239 g/mol. The molecule has 0 saturated heterocycles. The number of hydrogen-bond acceptors (Lipinski definition) is 4. The molecule has 2 rings (SSSR count). The van der Waals surface area contributed by atoms with Gasteiger partial charge in [0, 0.05) is 24.1 Å². The van der Waals surface area contributed by atoms with Crippen LogP contribution in [-0.4, -0.2) is 21.8 Å². The van der Waals surface area contributed by atoms with Gasteiger partial charge in [-0.1, -0.05) is 6.07 Å². The molecule has 2 aromatic rings. The first-order valence-electron chi connectivity index (χ1n) is 5.16. The second kappa shape index (κ2) is 5.29. The van der Waals surface area contributed by atoms with E-state index >= 15 is 0 Å². The minimum atomic E-state index is -0.202. The van der Waals surface area contributed by atoms with E-state index in [2.05, 4.69) is 15.4 Å². The number of aryl methyl sites for hydroxylation is 1. The number of nitrogens with one attached hydrogen (secondary N) is 1. The number of nitrogens with zero attached hydrogens (tertiary/aromatic N) is 3. The maximum Gasteiger partial charge on any atom is 0.190 e. The van der Waals surface area contributed by atoms with E-state index in [-0.39, 0.29) is 5.82 Å². The van der Waals surface area contributed by atoms with E-state index in [0.29, 0.717) is 12.1 Å². The van der Waals surface area contributed by atoms with E-state index in [1.807, 2.05) is 13.1 Å². The standard InChI is InChI=1S/C11H13FN4S/c1-13-6-8-9(12)4-3-5-10(8)17-11-14-7-15-16(11)2/h3-5,7,13H,6H2,1-2H3. The van der Waals surface area contributed by atoms with Gasteiger partial charge in [-0.2, -0.15) is 5.10 Å². The summed E-state index contributed by atoms with van der Waals surface area (Å²) in [5.41, 5.74) is 0.656. The molecule has 0 fully saturated rings. The second-order valence-electron chi connectivity index (χ2n) is 3.52. The quantitative estimate of drug-likeness (QED) is 0.901. The second-order valence-corrected chi connectivity index (χ2v) is 4.52. The van der Waals surface area contributed by atoms with Gasteiger partial charge in [0.05, 0.1) is 0 Å². The molecule has 0 aliphatic heterocycles. The number of rotatable bonds is 4. The molecule has 0 radical (unpaired) electrons. The SMILES string of the molecule is CNCc1c(F)cccc1Sc1ncnn1C. The minimum Gasteiger partial charge on any atom is -0.316 e. The van der Waals surface area contributed by atoms with Gasteiger partial charge in [0.15, 0.2) is 5.16 Å². The number of hydrogen-bond donors (Lipinski definition) is 1. The van der Waals surface area contributed by atoms with E-state index in [1.54, 1.807) is 17.8 Å². The van der Waals surface area contributed by atoms with Crippen LogP contribution < -0.4 is 5.32 Å². The highest BCUT2D eigenvalue weighted by Gasteiger charge is 2.11. The summed E-state index contributed by atoms with van der Waals surface area (Å²) < 4.78 is 15.3. The Bertz CT molecular complexity index is 512. The fourth-order valence-corrected chi connectivity index (χ4v) is 2.37. The van der Waals surface area contributed by atoms with E-state index in [1.165, 1.54) is 24.2 Å². The summed E-state index contributed by atoms with van der Waals surface area (Å²) in [5, 5.41) is 7.69. The molecule has 0 aliphatic rings. The molecule has 0 spiro atoms. The van der Waals surface area contributed by atoms with Crippen LogP contribution in [0.15, 0.2) is 34.6 Å². The summed E-state index contributed by atoms with van der Waals surface area (Å²) >= 11 is 1.41. The third-order valence-corrected chi connectivity index (χ3v) is 3.46. The molecule has 1 heterocycles. The van der Waals surface area contributed by atoms with Crippen molar-refractivity contribution in [2.45, 2.75) is 16.6 Å². The zero-order valence-electron chi connectivity index (χ0n) is 9.64. The van der Waals surface area contributed by atoms with Crippen LogP contribution in [-0.2, 0) is 13.6 Å². The van der Waals surface area contributed by atoms with Crippen LogP contribution in [0.4, 0.5) is 4.39 Å². The molecule has 17 heavy (non-hydrogen) atoms. The van der Waals surface area contributed by atoms with Gasteiger partial charge < -0.3 is 5.32 Å². The summed E-state index contributed by atoms with van der Waals surface area (Å²) in [6.45, 7) is 0.493. The average molecular weight is 252 g/mol. The zero-order valence-corrected chi connectivity index (χ0v) is 10.5. The van der Waals surface area contributed by atoms with Crippen LogP contribution in [0.2, 0.25) is 0 Å². The Morgan fingerprint density at radius 2 is 2.29 bits per heavy atom. The Kier molecular flexibility index (Phi) is 3.75. The molecule has 0 unspecified atom stereocenters. The van der Waals surface area contributed by atoms with Crippen molar-refractivity contribution in [3.63, 3.8) is 0 Å². The van der Waals surface area contributed by atoms with Crippen LogP contribution >= 0.6 is 11.8 Å². The maximum absolute atomic E-state index is 13.7. The lowest BCUT2D eigenvalue weighted by molar-refractivity contribution is 0.593. The normalized spacial score (nSPS) is 10.8. The molecule has 0 bridgehead atoms. The molecule has 1 aromatic carbocycles. The van der Waals surface area contributed by atoms with Crippen molar-refractivity contribution in [1.82, 2.24) is 20.1 Å². The van der Waals surface area contributed by atoms with E-state index in [9.17, 15) is 4.39 Å². The summed E-state index contributed by atoms with van der Waals surface area (Å²) in [4.78, 5) is 4.97. The highest BCUT2D eigenvalue weighted by Crippen LogP contribution is 2.29. The van der Waals surface area contributed by atoms with Gasteiger partial charge in [-0.05, 0) is 30.9 Å². The molecule has 0 saturated carbocycles. The molecule has 4 nitrogen and oxygen atoms in total. The third-order valence-electron chi connectivity index (χ3n) is 2.30. The smallest absolute Gasteiger partial charge is 0.190 e. The third kappa shape index (κ3) is 2.65. The number of benzene rings is 1. The summed E-state index contributed by atoms with van der Waals surface area (Å²) in [6.07, 6.45) is 1.49. The highest BCUT2D eigenvalue weighted by atomic mass is 32.2. The first-order chi connectivity index (χ1) is 8.22. The van der Waals surface area contributed by atoms with E-state index in [4.69, 9.17) is 0 Å². The fraction of sp³-hybridized carbons (Fsp3) is 0.273. The summed E-state index contributed by atoms with van der Waals surface area (Å²) in [5.74, 6) is -0.202. The predicted octanol–water partition coefficient (Wildman–Crippen LogP) is 1.82. The average Bonchev–Trinajstić information content (AvgIpc) is 2.70. The minimum absolute atomic E-state index is 0.202. The van der Waals surface area contributed by atoms with E-state index < -0.39 is 0 Å². The largest absolute Gasteiger partial charge is 0.316 e. The molecule has 0 atom stereocenters. The van der Waals surface area contributed by atoms with Crippen molar-refractivity contribution in [2.75, 3.05) is 7.05 Å². The molecule has 90 valence electrons. The molecular formula is C11H13FN4S. The van der Waals surface area contributed by atoms with Crippen molar-refractivity contribution in [1.29, 1.82) is 0 Å². The first-order valence-corrected chi connectivity index (χ1v) is 5.98. The monoisotopic (exact) mass is 252 g/mol.